The Morgan fingerprint density at radius 3 is 2.79 bits per heavy atom. The SMILES string of the molecule is COc1ccc(Br)cc1C(=O)Nc1cccc(C)n1. The third kappa shape index (κ3) is 3.32. The highest BCUT2D eigenvalue weighted by molar-refractivity contribution is 9.10. The lowest BCUT2D eigenvalue weighted by Crippen LogP contribution is -2.14. The van der Waals surface area contributed by atoms with Gasteiger partial charge in [-0.05, 0) is 37.3 Å². The van der Waals surface area contributed by atoms with Crippen LogP contribution < -0.4 is 10.1 Å². The highest BCUT2D eigenvalue weighted by Crippen LogP contribution is 2.23. The van der Waals surface area contributed by atoms with E-state index in [2.05, 4.69) is 26.2 Å². The molecular formula is C14H13BrN2O2. The molecule has 1 amide bonds. The van der Waals surface area contributed by atoms with E-state index in [0.717, 1.165) is 10.2 Å². The molecule has 1 aromatic carbocycles. The molecule has 0 radical (unpaired) electrons. The van der Waals surface area contributed by atoms with Crippen LogP contribution >= 0.6 is 15.9 Å². The van der Waals surface area contributed by atoms with Gasteiger partial charge < -0.3 is 10.1 Å². The summed E-state index contributed by atoms with van der Waals surface area (Å²) in [6.07, 6.45) is 0. The number of rotatable bonds is 3. The van der Waals surface area contributed by atoms with E-state index in [1.54, 1.807) is 18.2 Å². The Balaban J connectivity index is 2.27. The zero-order valence-electron chi connectivity index (χ0n) is 10.6. The second-order valence-corrected chi connectivity index (χ2v) is 4.88. The smallest absolute Gasteiger partial charge is 0.260 e. The summed E-state index contributed by atoms with van der Waals surface area (Å²) in [6.45, 7) is 1.87. The molecular weight excluding hydrogens is 308 g/mol. The number of hydrogen-bond donors (Lipinski definition) is 1. The molecule has 19 heavy (non-hydrogen) atoms. The molecule has 0 spiro atoms. The summed E-state index contributed by atoms with van der Waals surface area (Å²) in [5, 5.41) is 2.75. The van der Waals surface area contributed by atoms with E-state index in [4.69, 9.17) is 4.74 Å². The molecule has 0 saturated carbocycles. The van der Waals surface area contributed by atoms with Gasteiger partial charge in [-0.25, -0.2) is 4.98 Å². The van der Waals surface area contributed by atoms with Crippen LogP contribution in [-0.4, -0.2) is 18.0 Å². The van der Waals surface area contributed by atoms with Crippen LogP contribution in [0.4, 0.5) is 5.82 Å². The minimum absolute atomic E-state index is 0.253. The van der Waals surface area contributed by atoms with Crippen molar-refractivity contribution in [2.45, 2.75) is 6.92 Å². The number of benzene rings is 1. The number of aromatic nitrogens is 1. The number of pyridine rings is 1. The first-order chi connectivity index (χ1) is 9.10. The summed E-state index contributed by atoms with van der Waals surface area (Å²) in [5.74, 6) is 0.789. The van der Waals surface area contributed by atoms with E-state index in [9.17, 15) is 4.79 Å². The van der Waals surface area contributed by atoms with Crippen molar-refractivity contribution in [3.05, 3.63) is 52.1 Å². The largest absolute Gasteiger partial charge is 0.496 e. The number of aryl methyl sites for hydroxylation is 1. The average molecular weight is 321 g/mol. The van der Waals surface area contributed by atoms with Gasteiger partial charge in [0.1, 0.15) is 11.6 Å². The van der Waals surface area contributed by atoms with Crippen molar-refractivity contribution in [3.63, 3.8) is 0 Å². The maximum atomic E-state index is 12.2. The van der Waals surface area contributed by atoms with Crippen LogP contribution in [0.2, 0.25) is 0 Å². The van der Waals surface area contributed by atoms with E-state index in [1.165, 1.54) is 7.11 Å². The van der Waals surface area contributed by atoms with Gasteiger partial charge in [0.2, 0.25) is 0 Å². The van der Waals surface area contributed by atoms with Gasteiger partial charge >= 0.3 is 0 Å². The lowest BCUT2D eigenvalue weighted by molar-refractivity contribution is 0.102. The van der Waals surface area contributed by atoms with Gasteiger partial charge in [0.25, 0.3) is 5.91 Å². The van der Waals surface area contributed by atoms with Crippen molar-refractivity contribution in [2.75, 3.05) is 12.4 Å². The first kappa shape index (κ1) is 13.5. The Labute approximate surface area is 119 Å². The van der Waals surface area contributed by atoms with E-state index >= 15 is 0 Å². The third-order valence-electron chi connectivity index (χ3n) is 2.54. The topological polar surface area (TPSA) is 51.2 Å². The number of ether oxygens (including phenoxy) is 1. The van der Waals surface area contributed by atoms with Crippen molar-refractivity contribution >= 4 is 27.7 Å². The molecule has 0 aliphatic carbocycles. The quantitative estimate of drug-likeness (QED) is 0.942. The second kappa shape index (κ2) is 5.84. The number of anilines is 1. The number of hydrogen-bond acceptors (Lipinski definition) is 3. The van der Waals surface area contributed by atoms with Crippen LogP contribution in [0.1, 0.15) is 16.1 Å². The van der Waals surface area contributed by atoms with Crippen molar-refractivity contribution in [3.8, 4) is 5.75 Å². The molecule has 0 atom stereocenters. The Bertz CT molecular complexity index is 614. The fourth-order valence-electron chi connectivity index (χ4n) is 1.65. The minimum Gasteiger partial charge on any atom is -0.496 e. The third-order valence-corrected chi connectivity index (χ3v) is 3.03. The maximum absolute atomic E-state index is 12.2. The number of amides is 1. The molecule has 4 nitrogen and oxygen atoms in total. The zero-order valence-corrected chi connectivity index (χ0v) is 12.2. The van der Waals surface area contributed by atoms with Crippen molar-refractivity contribution in [1.82, 2.24) is 4.98 Å². The van der Waals surface area contributed by atoms with Gasteiger partial charge in [-0.2, -0.15) is 0 Å². The molecule has 0 aliphatic rings. The van der Waals surface area contributed by atoms with E-state index in [1.807, 2.05) is 25.1 Å². The number of nitrogens with one attached hydrogen (secondary N) is 1. The molecule has 1 aromatic heterocycles. The summed E-state index contributed by atoms with van der Waals surface area (Å²) >= 11 is 3.34. The van der Waals surface area contributed by atoms with Gasteiger partial charge in [0.05, 0.1) is 12.7 Å². The molecule has 0 aliphatic heterocycles. The average Bonchev–Trinajstić information content (AvgIpc) is 2.38. The van der Waals surface area contributed by atoms with Gasteiger partial charge in [-0.15, -0.1) is 0 Å². The lowest BCUT2D eigenvalue weighted by atomic mass is 10.2. The fraction of sp³-hybridized carbons (Fsp3) is 0.143. The predicted octanol–water partition coefficient (Wildman–Crippen LogP) is 3.41. The van der Waals surface area contributed by atoms with Crippen LogP contribution in [0.3, 0.4) is 0 Å². The van der Waals surface area contributed by atoms with Crippen LogP contribution in [0.15, 0.2) is 40.9 Å². The van der Waals surface area contributed by atoms with Gasteiger partial charge in [-0.1, -0.05) is 22.0 Å². The molecule has 0 fully saturated rings. The van der Waals surface area contributed by atoms with Gasteiger partial charge in [-0.3, -0.25) is 4.79 Å². The van der Waals surface area contributed by atoms with E-state index in [0.29, 0.717) is 17.1 Å². The Kier molecular flexibility index (Phi) is 4.16. The highest BCUT2D eigenvalue weighted by atomic mass is 79.9. The van der Waals surface area contributed by atoms with Crippen LogP contribution in [0, 0.1) is 6.92 Å². The Morgan fingerprint density at radius 1 is 1.32 bits per heavy atom. The zero-order chi connectivity index (χ0) is 13.8. The first-order valence-electron chi connectivity index (χ1n) is 5.68. The molecule has 2 rings (SSSR count). The van der Waals surface area contributed by atoms with Gasteiger partial charge in [0, 0.05) is 10.2 Å². The monoisotopic (exact) mass is 320 g/mol. The minimum atomic E-state index is -0.253. The summed E-state index contributed by atoms with van der Waals surface area (Å²) in [7, 11) is 1.53. The van der Waals surface area contributed by atoms with Crippen molar-refractivity contribution in [2.24, 2.45) is 0 Å². The summed E-state index contributed by atoms with van der Waals surface area (Å²) in [5.41, 5.74) is 1.30. The van der Waals surface area contributed by atoms with E-state index < -0.39 is 0 Å². The highest BCUT2D eigenvalue weighted by Gasteiger charge is 2.13. The van der Waals surface area contributed by atoms with Crippen LogP contribution in [-0.2, 0) is 0 Å². The Hall–Kier alpha value is -1.88. The number of carbonyl (C=O) groups excluding carboxylic acids is 1. The van der Waals surface area contributed by atoms with Crippen molar-refractivity contribution in [1.29, 1.82) is 0 Å². The number of carbonyl (C=O) groups is 1. The second-order valence-electron chi connectivity index (χ2n) is 3.96. The summed E-state index contributed by atoms with van der Waals surface area (Å²) in [4.78, 5) is 16.4. The number of halogens is 1. The lowest BCUT2D eigenvalue weighted by Gasteiger charge is -2.09. The number of nitrogens with zero attached hydrogens (tertiary/aromatic N) is 1. The molecule has 5 heteroatoms. The molecule has 2 aromatic rings. The van der Waals surface area contributed by atoms with Crippen LogP contribution in [0.25, 0.3) is 0 Å². The fourth-order valence-corrected chi connectivity index (χ4v) is 2.02. The molecule has 1 N–H and O–H groups in total. The molecule has 1 heterocycles. The van der Waals surface area contributed by atoms with Gasteiger partial charge in [0.15, 0.2) is 0 Å². The maximum Gasteiger partial charge on any atom is 0.260 e. The molecule has 0 unspecified atom stereocenters. The summed E-state index contributed by atoms with van der Waals surface area (Å²) in [6, 6.07) is 10.7. The number of methoxy groups -OCH3 is 1. The molecule has 0 bridgehead atoms. The predicted molar refractivity (Wildman–Crippen MR) is 77.6 cm³/mol. The Morgan fingerprint density at radius 2 is 2.11 bits per heavy atom. The molecule has 98 valence electrons. The molecule has 0 saturated heterocycles. The van der Waals surface area contributed by atoms with Crippen LogP contribution in [0.5, 0.6) is 5.75 Å². The first-order valence-corrected chi connectivity index (χ1v) is 6.48. The standard InChI is InChI=1S/C14H13BrN2O2/c1-9-4-3-5-13(16-9)17-14(18)11-8-10(15)6-7-12(11)19-2/h3-8H,1-2H3,(H,16,17,18). The summed E-state index contributed by atoms with van der Waals surface area (Å²) < 4.78 is 6.00. The van der Waals surface area contributed by atoms with E-state index in [-0.39, 0.29) is 5.91 Å². The van der Waals surface area contributed by atoms with Crippen molar-refractivity contribution < 1.29 is 9.53 Å². The normalized spacial score (nSPS) is 10.1.